The average molecular weight is 318 g/mol. The van der Waals surface area contributed by atoms with E-state index in [1.165, 1.54) is 12.1 Å². The highest BCUT2D eigenvalue weighted by atomic mass is 19.1. The van der Waals surface area contributed by atoms with E-state index in [0.29, 0.717) is 17.7 Å². The quantitative estimate of drug-likeness (QED) is 0.626. The molecule has 0 aromatic heterocycles. The van der Waals surface area contributed by atoms with E-state index in [-0.39, 0.29) is 11.9 Å². The van der Waals surface area contributed by atoms with Crippen molar-refractivity contribution in [2.75, 3.05) is 0 Å². The van der Waals surface area contributed by atoms with Crippen molar-refractivity contribution in [1.29, 1.82) is 0 Å². The molecule has 1 aromatic carbocycles. The fraction of sp³-hybridized carbons (Fsp3) is 0.333. The fourth-order valence-electron chi connectivity index (χ4n) is 1.69. The third kappa shape index (κ3) is 7.40. The number of ether oxygens (including phenoxy) is 1. The van der Waals surface area contributed by atoms with Crippen molar-refractivity contribution in [3.63, 3.8) is 0 Å². The SMILES string of the molecule is C=CC[C@@H](/C=N/C(=C)c1ccc(F)cc1)NC(=O)OC(C)(C)C. The number of nitrogens with zero attached hydrogens (tertiary/aromatic N) is 1. The summed E-state index contributed by atoms with van der Waals surface area (Å²) in [5.74, 6) is -0.318. The number of alkyl carbamates (subject to hydrolysis) is 1. The zero-order chi connectivity index (χ0) is 17.5. The van der Waals surface area contributed by atoms with Gasteiger partial charge in [0.2, 0.25) is 0 Å². The summed E-state index contributed by atoms with van der Waals surface area (Å²) in [5, 5.41) is 2.71. The lowest BCUT2D eigenvalue weighted by atomic mass is 10.1. The zero-order valence-corrected chi connectivity index (χ0v) is 13.8. The van der Waals surface area contributed by atoms with Gasteiger partial charge < -0.3 is 10.1 Å². The molecule has 0 aliphatic rings. The van der Waals surface area contributed by atoms with E-state index in [9.17, 15) is 9.18 Å². The first kappa shape index (κ1) is 18.6. The third-order valence-corrected chi connectivity index (χ3v) is 2.71. The smallest absolute Gasteiger partial charge is 0.408 e. The Morgan fingerprint density at radius 1 is 1.39 bits per heavy atom. The van der Waals surface area contributed by atoms with E-state index in [1.807, 2.05) is 0 Å². The molecule has 1 amide bonds. The number of amides is 1. The summed E-state index contributed by atoms with van der Waals surface area (Å²) >= 11 is 0. The number of nitrogens with one attached hydrogen (secondary N) is 1. The molecule has 0 fully saturated rings. The monoisotopic (exact) mass is 318 g/mol. The van der Waals surface area contributed by atoms with Gasteiger partial charge in [-0.25, -0.2) is 9.18 Å². The predicted octanol–water partition coefficient (Wildman–Crippen LogP) is 4.34. The summed E-state index contributed by atoms with van der Waals surface area (Å²) in [4.78, 5) is 16.0. The normalized spacial score (nSPS) is 12.7. The summed E-state index contributed by atoms with van der Waals surface area (Å²) in [7, 11) is 0. The summed E-state index contributed by atoms with van der Waals surface area (Å²) in [6.45, 7) is 12.9. The van der Waals surface area contributed by atoms with Crippen LogP contribution >= 0.6 is 0 Å². The topological polar surface area (TPSA) is 50.7 Å². The standard InChI is InChI=1S/C18H23FN2O2/c1-6-7-16(21-17(22)23-18(3,4)5)12-20-13(2)14-8-10-15(19)11-9-14/h6,8-12,16H,1-2,7H2,3-5H3,(H,21,22)/b20-12+/t16-/m0/s1. The molecular formula is C18H23FN2O2. The molecular weight excluding hydrogens is 295 g/mol. The number of hydrogen-bond donors (Lipinski definition) is 1. The Kier molecular flexibility index (Phi) is 6.69. The fourth-order valence-corrected chi connectivity index (χ4v) is 1.69. The molecule has 1 aromatic rings. The van der Waals surface area contributed by atoms with Crippen molar-refractivity contribution >= 4 is 18.0 Å². The predicted molar refractivity (Wildman–Crippen MR) is 91.9 cm³/mol. The van der Waals surface area contributed by atoms with Gasteiger partial charge in [0.25, 0.3) is 0 Å². The van der Waals surface area contributed by atoms with Crippen molar-refractivity contribution in [2.45, 2.75) is 38.8 Å². The van der Waals surface area contributed by atoms with Crippen LogP contribution in [0.5, 0.6) is 0 Å². The lowest BCUT2D eigenvalue weighted by Crippen LogP contribution is -2.39. The maximum Gasteiger partial charge on any atom is 0.408 e. The highest BCUT2D eigenvalue weighted by molar-refractivity contribution is 5.79. The van der Waals surface area contributed by atoms with Crippen molar-refractivity contribution in [3.8, 4) is 0 Å². The number of halogens is 1. The van der Waals surface area contributed by atoms with Crippen LogP contribution in [0.1, 0.15) is 32.8 Å². The third-order valence-electron chi connectivity index (χ3n) is 2.71. The van der Waals surface area contributed by atoms with Gasteiger partial charge in [0.15, 0.2) is 0 Å². The van der Waals surface area contributed by atoms with E-state index < -0.39 is 11.7 Å². The molecule has 0 aliphatic carbocycles. The van der Waals surface area contributed by atoms with E-state index in [1.54, 1.807) is 45.2 Å². The maximum absolute atomic E-state index is 12.9. The highest BCUT2D eigenvalue weighted by Gasteiger charge is 2.18. The Morgan fingerprint density at radius 2 is 2.00 bits per heavy atom. The molecule has 0 spiro atoms. The molecule has 0 saturated heterocycles. The Bertz CT molecular complexity index is 586. The number of rotatable bonds is 6. The van der Waals surface area contributed by atoms with Crippen LogP contribution in [0.2, 0.25) is 0 Å². The van der Waals surface area contributed by atoms with Crippen molar-refractivity contribution in [3.05, 3.63) is 54.9 Å². The number of benzene rings is 1. The van der Waals surface area contributed by atoms with Crippen LogP contribution in [-0.4, -0.2) is 24.0 Å². The molecule has 5 heteroatoms. The molecule has 0 radical (unpaired) electrons. The number of hydrogen-bond acceptors (Lipinski definition) is 3. The van der Waals surface area contributed by atoms with Crippen LogP contribution in [-0.2, 0) is 4.74 Å². The van der Waals surface area contributed by atoms with Crippen LogP contribution in [0.3, 0.4) is 0 Å². The maximum atomic E-state index is 12.9. The molecule has 1 N–H and O–H groups in total. The number of aliphatic imine (C=N–C) groups is 1. The average Bonchev–Trinajstić information content (AvgIpc) is 2.43. The second kappa shape index (κ2) is 8.27. The second-order valence-electron chi connectivity index (χ2n) is 6.01. The van der Waals surface area contributed by atoms with Gasteiger partial charge in [-0.05, 0) is 57.0 Å². The second-order valence-corrected chi connectivity index (χ2v) is 6.01. The molecule has 4 nitrogen and oxygen atoms in total. The van der Waals surface area contributed by atoms with Gasteiger partial charge in [-0.15, -0.1) is 6.58 Å². The van der Waals surface area contributed by atoms with Crippen LogP contribution in [0.15, 0.2) is 48.5 Å². The van der Waals surface area contributed by atoms with Crippen molar-refractivity contribution in [1.82, 2.24) is 5.32 Å². The molecule has 1 rings (SSSR count). The van der Waals surface area contributed by atoms with Crippen LogP contribution in [0.4, 0.5) is 9.18 Å². The molecule has 23 heavy (non-hydrogen) atoms. The summed E-state index contributed by atoms with van der Waals surface area (Å²) in [6, 6.07) is 5.52. The Labute approximate surface area is 136 Å². The van der Waals surface area contributed by atoms with E-state index >= 15 is 0 Å². The Balaban J connectivity index is 2.70. The van der Waals surface area contributed by atoms with E-state index in [4.69, 9.17) is 4.74 Å². The molecule has 0 unspecified atom stereocenters. The minimum atomic E-state index is -0.572. The van der Waals surface area contributed by atoms with Gasteiger partial charge in [-0.3, -0.25) is 4.99 Å². The lowest BCUT2D eigenvalue weighted by molar-refractivity contribution is 0.0519. The molecule has 0 heterocycles. The molecule has 124 valence electrons. The molecule has 0 saturated carbocycles. The van der Waals surface area contributed by atoms with Gasteiger partial charge >= 0.3 is 6.09 Å². The van der Waals surface area contributed by atoms with Gasteiger partial charge in [0, 0.05) is 6.21 Å². The first-order valence-electron chi connectivity index (χ1n) is 7.30. The first-order chi connectivity index (χ1) is 10.7. The number of carbonyl (C=O) groups excluding carboxylic acids is 1. The van der Waals surface area contributed by atoms with Crippen molar-refractivity contribution < 1.29 is 13.9 Å². The highest BCUT2D eigenvalue weighted by Crippen LogP contribution is 2.14. The zero-order valence-electron chi connectivity index (χ0n) is 13.8. The summed E-state index contributed by atoms with van der Waals surface area (Å²) < 4.78 is 18.1. The Hall–Kier alpha value is -2.43. The summed E-state index contributed by atoms with van der Waals surface area (Å²) in [5.41, 5.74) is 0.611. The van der Waals surface area contributed by atoms with Crippen molar-refractivity contribution in [2.24, 2.45) is 4.99 Å². The molecule has 0 aliphatic heterocycles. The van der Waals surface area contributed by atoms with Gasteiger partial charge in [-0.2, -0.15) is 0 Å². The van der Waals surface area contributed by atoms with Gasteiger partial charge in [0.1, 0.15) is 11.4 Å². The largest absolute Gasteiger partial charge is 0.444 e. The molecule has 1 atom stereocenters. The number of carbonyl (C=O) groups is 1. The van der Waals surface area contributed by atoms with Crippen LogP contribution in [0.25, 0.3) is 5.70 Å². The minimum absolute atomic E-state index is 0.318. The van der Waals surface area contributed by atoms with Crippen LogP contribution in [0, 0.1) is 5.82 Å². The van der Waals surface area contributed by atoms with Crippen LogP contribution < -0.4 is 5.32 Å². The molecule has 0 bridgehead atoms. The van der Waals surface area contributed by atoms with Gasteiger partial charge in [-0.1, -0.05) is 12.7 Å². The van der Waals surface area contributed by atoms with Gasteiger partial charge in [0.05, 0.1) is 11.7 Å². The lowest BCUT2D eigenvalue weighted by Gasteiger charge is -2.21. The first-order valence-corrected chi connectivity index (χ1v) is 7.30. The minimum Gasteiger partial charge on any atom is -0.444 e. The Morgan fingerprint density at radius 3 is 2.52 bits per heavy atom. The summed E-state index contributed by atoms with van der Waals surface area (Å²) in [6.07, 6.45) is 3.22. The van der Waals surface area contributed by atoms with E-state index in [0.717, 1.165) is 0 Å². The van der Waals surface area contributed by atoms with E-state index in [2.05, 4.69) is 23.5 Å².